The monoisotopic (exact) mass is 259 g/mol. The Morgan fingerprint density at radius 3 is 3.00 bits per heavy atom. The summed E-state index contributed by atoms with van der Waals surface area (Å²) in [6, 6.07) is 4.77. The van der Waals surface area contributed by atoms with Crippen LogP contribution in [0.2, 0.25) is 0 Å². The molecule has 0 bridgehead atoms. The van der Waals surface area contributed by atoms with Crippen LogP contribution in [0.4, 0.5) is 10.5 Å². The summed E-state index contributed by atoms with van der Waals surface area (Å²) >= 11 is 0. The SMILES string of the molecule is O=C(N1CC=CCC1)n1nnc2cc([NH2+][O-])ccc21. The van der Waals surface area contributed by atoms with Gasteiger partial charge in [-0.2, -0.15) is 4.68 Å². The Balaban J connectivity index is 1.96. The summed E-state index contributed by atoms with van der Waals surface area (Å²) in [6.07, 6.45) is 4.87. The van der Waals surface area contributed by atoms with Gasteiger partial charge in [0, 0.05) is 25.2 Å². The summed E-state index contributed by atoms with van der Waals surface area (Å²) in [7, 11) is 0. The van der Waals surface area contributed by atoms with E-state index in [4.69, 9.17) is 0 Å². The van der Waals surface area contributed by atoms with Gasteiger partial charge in [0.15, 0.2) is 0 Å². The number of nitrogens with two attached hydrogens (primary N) is 1. The predicted molar refractivity (Wildman–Crippen MR) is 68.6 cm³/mol. The van der Waals surface area contributed by atoms with Crippen molar-refractivity contribution in [2.24, 2.45) is 0 Å². The molecule has 1 aromatic carbocycles. The van der Waals surface area contributed by atoms with E-state index in [1.54, 1.807) is 23.1 Å². The average molecular weight is 259 g/mol. The minimum Gasteiger partial charge on any atom is -0.630 e. The first-order chi connectivity index (χ1) is 9.29. The molecule has 3 rings (SSSR count). The van der Waals surface area contributed by atoms with Crippen LogP contribution in [0.1, 0.15) is 6.42 Å². The van der Waals surface area contributed by atoms with E-state index >= 15 is 0 Å². The number of carbonyl (C=O) groups excluding carboxylic acids is 1. The molecule has 1 aliphatic heterocycles. The van der Waals surface area contributed by atoms with Gasteiger partial charge in [-0.05, 0) is 12.5 Å². The van der Waals surface area contributed by atoms with Gasteiger partial charge in [0.1, 0.15) is 16.7 Å². The maximum absolute atomic E-state index is 12.3. The van der Waals surface area contributed by atoms with Crippen LogP contribution in [0.15, 0.2) is 30.4 Å². The minimum atomic E-state index is -0.189. The highest BCUT2D eigenvalue weighted by Gasteiger charge is 2.19. The number of benzene rings is 1. The van der Waals surface area contributed by atoms with Crippen LogP contribution in [0.25, 0.3) is 11.0 Å². The highest BCUT2D eigenvalue weighted by atomic mass is 16.5. The second kappa shape index (κ2) is 4.79. The van der Waals surface area contributed by atoms with Crippen LogP contribution in [0.5, 0.6) is 0 Å². The van der Waals surface area contributed by atoms with Crippen molar-refractivity contribution in [1.29, 1.82) is 0 Å². The normalized spacial score (nSPS) is 15.1. The van der Waals surface area contributed by atoms with E-state index in [2.05, 4.69) is 16.4 Å². The van der Waals surface area contributed by atoms with E-state index in [1.165, 1.54) is 4.68 Å². The van der Waals surface area contributed by atoms with Gasteiger partial charge in [0.2, 0.25) is 0 Å². The molecular weight excluding hydrogens is 246 g/mol. The molecule has 0 fully saturated rings. The van der Waals surface area contributed by atoms with Crippen LogP contribution < -0.4 is 5.48 Å². The molecule has 0 aliphatic carbocycles. The molecule has 0 saturated carbocycles. The van der Waals surface area contributed by atoms with Crippen LogP contribution in [0, 0.1) is 5.21 Å². The Labute approximate surface area is 109 Å². The molecule has 0 atom stereocenters. The third kappa shape index (κ3) is 2.09. The van der Waals surface area contributed by atoms with Gasteiger partial charge in [0.05, 0.1) is 0 Å². The number of nitrogens with zero attached hydrogens (tertiary/aromatic N) is 4. The summed E-state index contributed by atoms with van der Waals surface area (Å²) in [5.41, 5.74) is 2.43. The maximum Gasteiger partial charge on any atom is 0.346 e. The van der Waals surface area contributed by atoms with Crippen molar-refractivity contribution in [2.75, 3.05) is 13.1 Å². The molecule has 98 valence electrons. The van der Waals surface area contributed by atoms with E-state index < -0.39 is 0 Å². The van der Waals surface area contributed by atoms with Crippen molar-refractivity contribution < 1.29 is 10.3 Å². The molecule has 19 heavy (non-hydrogen) atoms. The first-order valence-corrected chi connectivity index (χ1v) is 6.04. The Bertz CT molecular complexity index is 649. The Kier molecular flexibility index (Phi) is 2.98. The predicted octanol–water partition coefficient (Wildman–Crippen LogP) is 0.354. The molecule has 0 unspecified atom stereocenters. The topological polar surface area (TPSA) is 90.7 Å². The highest BCUT2D eigenvalue weighted by Crippen LogP contribution is 2.15. The third-order valence-electron chi connectivity index (χ3n) is 3.12. The number of fused-ring (bicyclic) bond motifs is 1. The van der Waals surface area contributed by atoms with E-state index in [0.29, 0.717) is 29.8 Å². The lowest BCUT2D eigenvalue weighted by Gasteiger charge is -2.22. The van der Waals surface area contributed by atoms with Crippen LogP contribution in [0.3, 0.4) is 0 Å². The van der Waals surface area contributed by atoms with Gasteiger partial charge < -0.3 is 15.6 Å². The van der Waals surface area contributed by atoms with E-state index in [-0.39, 0.29) is 6.03 Å². The lowest BCUT2D eigenvalue weighted by atomic mass is 10.2. The van der Waals surface area contributed by atoms with Gasteiger partial charge in [-0.25, -0.2) is 4.79 Å². The van der Waals surface area contributed by atoms with Crippen molar-refractivity contribution >= 4 is 22.8 Å². The molecule has 1 aromatic heterocycles. The summed E-state index contributed by atoms with van der Waals surface area (Å²) in [5.74, 6) is 0. The smallest absolute Gasteiger partial charge is 0.346 e. The van der Waals surface area contributed by atoms with E-state index in [1.807, 2.05) is 6.08 Å². The van der Waals surface area contributed by atoms with Gasteiger partial charge in [-0.15, -0.1) is 5.10 Å². The lowest BCUT2D eigenvalue weighted by Crippen LogP contribution is -2.70. The van der Waals surface area contributed by atoms with Gasteiger partial charge in [0.25, 0.3) is 0 Å². The fourth-order valence-corrected chi connectivity index (χ4v) is 2.10. The molecule has 1 aliphatic rings. The second-order valence-corrected chi connectivity index (χ2v) is 4.36. The molecule has 7 nitrogen and oxygen atoms in total. The van der Waals surface area contributed by atoms with Gasteiger partial charge in [-0.1, -0.05) is 17.4 Å². The van der Waals surface area contributed by atoms with E-state index in [9.17, 15) is 10.0 Å². The molecule has 2 N–H and O–H groups in total. The highest BCUT2D eigenvalue weighted by molar-refractivity contribution is 5.88. The zero-order valence-electron chi connectivity index (χ0n) is 10.2. The molecule has 0 saturated heterocycles. The standard InChI is InChI=1S/C12H13N5O2/c18-12(16-6-2-1-3-7-16)17-11-5-4-9(14-19)8-10(11)13-15-17/h1-2,4-5,8H,3,6-7,14H2. The molecule has 7 heteroatoms. The summed E-state index contributed by atoms with van der Waals surface area (Å²) in [6.45, 7) is 1.27. The zero-order chi connectivity index (χ0) is 13.2. The Morgan fingerprint density at radius 2 is 2.26 bits per heavy atom. The first kappa shape index (κ1) is 11.8. The number of rotatable bonds is 1. The number of hydrogen-bond acceptors (Lipinski definition) is 4. The van der Waals surface area contributed by atoms with Crippen LogP contribution >= 0.6 is 0 Å². The average Bonchev–Trinajstić information content (AvgIpc) is 2.90. The quantitative estimate of drug-likeness (QED) is 0.454. The number of hydrogen-bond donors (Lipinski definition) is 1. The van der Waals surface area contributed by atoms with Crippen LogP contribution in [-0.4, -0.2) is 39.0 Å². The fraction of sp³-hybridized carbons (Fsp3) is 0.250. The largest absolute Gasteiger partial charge is 0.630 e. The van der Waals surface area contributed by atoms with Crippen molar-refractivity contribution in [3.63, 3.8) is 0 Å². The molecule has 0 spiro atoms. The second-order valence-electron chi connectivity index (χ2n) is 4.36. The fourth-order valence-electron chi connectivity index (χ4n) is 2.10. The molecule has 2 aromatic rings. The molecule has 0 radical (unpaired) electrons. The zero-order valence-corrected chi connectivity index (χ0v) is 10.2. The van der Waals surface area contributed by atoms with Crippen molar-refractivity contribution in [1.82, 2.24) is 19.9 Å². The number of amides is 1. The summed E-state index contributed by atoms with van der Waals surface area (Å²) in [5, 5.41) is 18.5. The third-order valence-corrected chi connectivity index (χ3v) is 3.12. The Hall–Kier alpha value is -2.25. The first-order valence-electron chi connectivity index (χ1n) is 6.04. The number of quaternary nitrogens is 1. The van der Waals surface area contributed by atoms with E-state index in [0.717, 1.165) is 11.9 Å². The Morgan fingerprint density at radius 1 is 1.37 bits per heavy atom. The molecule has 2 heterocycles. The van der Waals surface area contributed by atoms with Gasteiger partial charge >= 0.3 is 6.03 Å². The summed E-state index contributed by atoms with van der Waals surface area (Å²) < 4.78 is 1.28. The maximum atomic E-state index is 12.3. The molecular formula is C12H13N5O2. The number of carbonyl (C=O) groups is 1. The summed E-state index contributed by atoms with van der Waals surface area (Å²) in [4.78, 5) is 14.0. The van der Waals surface area contributed by atoms with Crippen molar-refractivity contribution in [3.05, 3.63) is 35.6 Å². The van der Waals surface area contributed by atoms with Crippen molar-refractivity contribution in [2.45, 2.75) is 6.42 Å². The minimum absolute atomic E-state index is 0.189. The van der Waals surface area contributed by atoms with Crippen molar-refractivity contribution in [3.8, 4) is 0 Å². The molecule has 1 amide bonds. The van der Waals surface area contributed by atoms with Gasteiger partial charge in [-0.3, -0.25) is 0 Å². The number of aromatic nitrogens is 3. The van der Waals surface area contributed by atoms with Crippen LogP contribution in [-0.2, 0) is 0 Å². The lowest BCUT2D eigenvalue weighted by molar-refractivity contribution is -0.497.